The first kappa shape index (κ1) is 17.8. The van der Waals surface area contributed by atoms with Crippen LogP contribution in [0.15, 0.2) is 30.5 Å². The van der Waals surface area contributed by atoms with Crippen molar-refractivity contribution in [2.24, 2.45) is 0 Å². The zero-order valence-corrected chi connectivity index (χ0v) is 16.0. The average Bonchev–Trinajstić information content (AvgIpc) is 3.02. The number of β-amino-alcohol motifs (C(OH)–C–C–N with tert-alkyl or cyclic N) is 1. The summed E-state index contributed by atoms with van der Waals surface area (Å²) in [7, 11) is 0. The van der Waals surface area contributed by atoms with Gasteiger partial charge in [0, 0.05) is 42.4 Å². The van der Waals surface area contributed by atoms with Gasteiger partial charge in [-0.1, -0.05) is 13.0 Å². The molecule has 1 aliphatic heterocycles. The number of nitrogens with one attached hydrogen (secondary N) is 2. The van der Waals surface area contributed by atoms with Gasteiger partial charge in [0.2, 0.25) is 5.95 Å². The lowest BCUT2D eigenvalue weighted by Gasteiger charge is -2.31. The van der Waals surface area contributed by atoms with Gasteiger partial charge in [0.15, 0.2) is 0 Å². The molecule has 2 aromatic heterocycles. The van der Waals surface area contributed by atoms with Gasteiger partial charge in [-0.2, -0.15) is 4.98 Å². The zero-order chi connectivity index (χ0) is 18.8. The molecule has 4 rings (SSSR count). The number of hydrogen-bond acceptors (Lipinski definition) is 5. The van der Waals surface area contributed by atoms with Crippen molar-refractivity contribution in [3.8, 4) is 0 Å². The number of aromatic amines is 1. The number of hydrogen-bond donors (Lipinski definition) is 3. The molecule has 1 aromatic carbocycles. The van der Waals surface area contributed by atoms with E-state index in [2.05, 4.69) is 57.2 Å². The Hall–Kier alpha value is -2.60. The Morgan fingerprint density at radius 1 is 1.33 bits per heavy atom. The molecule has 6 nitrogen and oxygen atoms in total. The van der Waals surface area contributed by atoms with Gasteiger partial charge in [-0.15, -0.1) is 0 Å². The molecule has 0 amide bonds. The highest BCUT2D eigenvalue weighted by molar-refractivity contribution is 5.85. The van der Waals surface area contributed by atoms with Crippen molar-refractivity contribution in [3.63, 3.8) is 0 Å². The normalized spacial score (nSPS) is 17.4. The van der Waals surface area contributed by atoms with Gasteiger partial charge in [0.05, 0.1) is 6.10 Å². The van der Waals surface area contributed by atoms with Crippen LogP contribution in [-0.2, 0) is 13.0 Å². The lowest BCUT2D eigenvalue weighted by Crippen LogP contribution is -2.38. The Bertz CT molecular complexity index is 935. The quantitative estimate of drug-likeness (QED) is 0.646. The van der Waals surface area contributed by atoms with Gasteiger partial charge in [-0.25, -0.2) is 4.98 Å². The second-order valence-electron chi connectivity index (χ2n) is 7.30. The van der Waals surface area contributed by atoms with Crippen molar-refractivity contribution in [1.82, 2.24) is 15.0 Å². The van der Waals surface area contributed by atoms with Crippen LogP contribution in [0.2, 0.25) is 0 Å². The number of nitrogens with zero attached hydrogens (tertiary/aromatic N) is 3. The van der Waals surface area contributed by atoms with E-state index in [1.54, 1.807) is 6.20 Å². The SMILES string of the molecule is CCc1[nH]c2ccc(CNc3nccc(N4CCC[C@H](O)C4)n3)cc2c1C. The highest BCUT2D eigenvalue weighted by Crippen LogP contribution is 2.24. The van der Waals surface area contributed by atoms with Crippen molar-refractivity contribution in [2.75, 3.05) is 23.3 Å². The van der Waals surface area contributed by atoms with Crippen LogP contribution in [0, 0.1) is 6.92 Å². The van der Waals surface area contributed by atoms with E-state index in [1.165, 1.54) is 27.7 Å². The van der Waals surface area contributed by atoms with E-state index in [-0.39, 0.29) is 6.10 Å². The number of aryl methyl sites for hydroxylation is 2. The lowest BCUT2D eigenvalue weighted by atomic mass is 10.1. The molecular weight excluding hydrogens is 338 g/mol. The maximum atomic E-state index is 9.89. The fraction of sp³-hybridized carbons (Fsp3) is 0.429. The number of fused-ring (bicyclic) bond motifs is 1. The molecule has 0 radical (unpaired) electrons. The van der Waals surface area contributed by atoms with Gasteiger partial charge >= 0.3 is 0 Å². The predicted molar refractivity (Wildman–Crippen MR) is 109 cm³/mol. The third-order valence-corrected chi connectivity index (χ3v) is 5.39. The van der Waals surface area contributed by atoms with E-state index >= 15 is 0 Å². The molecule has 1 atom stereocenters. The number of anilines is 2. The van der Waals surface area contributed by atoms with E-state index < -0.39 is 0 Å². The molecular formula is C21H27N5O. The molecule has 0 spiro atoms. The molecule has 0 aliphatic carbocycles. The molecule has 1 saturated heterocycles. The molecule has 1 fully saturated rings. The van der Waals surface area contributed by atoms with Crippen molar-refractivity contribution in [2.45, 2.75) is 45.8 Å². The van der Waals surface area contributed by atoms with Gasteiger partial charge in [0.1, 0.15) is 5.82 Å². The van der Waals surface area contributed by atoms with E-state index in [9.17, 15) is 5.11 Å². The van der Waals surface area contributed by atoms with Crippen LogP contribution in [0.25, 0.3) is 10.9 Å². The Kier molecular flexibility index (Phi) is 4.99. The first-order valence-corrected chi connectivity index (χ1v) is 9.74. The molecule has 3 heterocycles. The Morgan fingerprint density at radius 3 is 3.04 bits per heavy atom. The van der Waals surface area contributed by atoms with Crippen molar-refractivity contribution < 1.29 is 5.11 Å². The molecule has 0 saturated carbocycles. The minimum Gasteiger partial charge on any atom is -0.391 e. The van der Waals surface area contributed by atoms with E-state index in [4.69, 9.17) is 0 Å². The largest absolute Gasteiger partial charge is 0.391 e. The van der Waals surface area contributed by atoms with Crippen molar-refractivity contribution in [3.05, 3.63) is 47.3 Å². The Balaban J connectivity index is 1.48. The van der Waals surface area contributed by atoms with Crippen LogP contribution in [0.4, 0.5) is 11.8 Å². The maximum Gasteiger partial charge on any atom is 0.224 e. The standard InChI is InChI=1S/C21H27N5O/c1-3-18-14(2)17-11-15(6-7-19(17)24-18)12-23-21-22-9-8-20(25-21)26-10-4-5-16(27)13-26/h6-9,11,16,24,27H,3-5,10,12-13H2,1-2H3,(H,22,23,25)/t16-/m0/s1. The lowest BCUT2D eigenvalue weighted by molar-refractivity contribution is 0.154. The molecule has 3 N–H and O–H groups in total. The second kappa shape index (κ2) is 7.56. The highest BCUT2D eigenvalue weighted by Gasteiger charge is 2.19. The summed E-state index contributed by atoms with van der Waals surface area (Å²) in [6, 6.07) is 8.42. The summed E-state index contributed by atoms with van der Waals surface area (Å²) in [5.74, 6) is 1.49. The third kappa shape index (κ3) is 3.76. The summed E-state index contributed by atoms with van der Waals surface area (Å²) in [5.41, 5.74) is 5.02. The van der Waals surface area contributed by atoms with Crippen LogP contribution < -0.4 is 10.2 Å². The summed E-state index contributed by atoms with van der Waals surface area (Å²) < 4.78 is 0. The number of aliphatic hydroxyl groups excluding tert-OH is 1. The summed E-state index contributed by atoms with van der Waals surface area (Å²) >= 11 is 0. The van der Waals surface area contributed by atoms with Crippen LogP contribution in [0.3, 0.4) is 0 Å². The topological polar surface area (TPSA) is 77.1 Å². The van der Waals surface area contributed by atoms with E-state index in [1.807, 2.05) is 6.07 Å². The van der Waals surface area contributed by atoms with Crippen LogP contribution in [0.5, 0.6) is 0 Å². The van der Waals surface area contributed by atoms with E-state index in [0.29, 0.717) is 19.0 Å². The van der Waals surface area contributed by atoms with Crippen LogP contribution in [0.1, 0.15) is 36.6 Å². The molecule has 142 valence electrons. The summed E-state index contributed by atoms with van der Waals surface area (Å²) in [4.78, 5) is 14.6. The smallest absolute Gasteiger partial charge is 0.224 e. The monoisotopic (exact) mass is 365 g/mol. The number of aromatic nitrogens is 3. The fourth-order valence-electron chi connectivity index (χ4n) is 3.85. The van der Waals surface area contributed by atoms with Crippen LogP contribution >= 0.6 is 0 Å². The van der Waals surface area contributed by atoms with Gasteiger partial charge in [-0.3, -0.25) is 0 Å². The zero-order valence-electron chi connectivity index (χ0n) is 16.0. The van der Waals surface area contributed by atoms with Gasteiger partial charge in [0.25, 0.3) is 0 Å². The number of rotatable bonds is 5. The number of aliphatic hydroxyl groups is 1. The fourth-order valence-corrected chi connectivity index (χ4v) is 3.85. The first-order valence-electron chi connectivity index (χ1n) is 9.74. The molecule has 1 aliphatic rings. The molecule has 0 unspecified atom stereocenters. The maximum absolute atomic E-state index is 9.89. The average molecular weight is 365 g/mol. The molecule has 0 bridgehead atoms. The Morgan fingerprint density at radius 2 is 2.22 bits per heavy atom. The van der Waals surface area contributed by atoms with Gasteiger partial charge < -0.3 is 20.3 Å². The summed E-state index contributed by atoms with van der Waals surface area (Å²) in [5, 5.41) is 14.5. The second-order valence-corrected chi connectivity index (χ2v) is 7.30. The minimum atomic E-state index is -0.269. The minimum absolute atomic E-state index is 0.269. The third-order valence-electron chi connectivity index (χ3n) is 5.39. The van der Waals surface area contributed by atoms with E-state index in [0.717, 1.165) is 31.6 Å². The molecule has 3 aromatic rings. The highest BCUT2D eigenvalue weighted by atomic mass is 16.3. The number of piperidine rings is 1. The van der Waals surface area contributed by atoms with Crippen LogP contribution in [-0.4, -0.2) is 39.3 Å². The van der Waals surface area contributed by atoms with Gasteiger partial charge in [-0.05, 0) is 55.5 Å². The molecule has 6 heteroatoms. The summed E-state index contributed by atoms with van der Waals surface area (Å²) in [6.07, 6.45) is 4.38. The summed E-state index contributed by atoms with van der Waals surface area (Å²) in [6.45, 7) is 6.59. The number of benzene rings is 1. The molecule has 27 heavy (non-hydrogen) atoms. The van der Waals surface area contributed by atoms with Crippen molar-refractivity contribution in [1.29, 1.82) is 0 Å². The first-order chi connectivity index (χ1) is 13.1. The predicted octanol–water partition coefficient (Wildman–Crippen LogP) is 3.40. The number of H-pyrrole nitrogens is 1. The Labute approximate surface area is 159 Å². The van der Waals surface area contributed by atoms with Crippen molar-refractivity contribution >= 4 is 22.7 Å².